The second-order valence-corrected chi connectivity index (χ2v) is 6.38. The lowest BCUT2D eigenvalue weighted by Crippen LogP contribution is -2.31. The lowest BCUT2D eigenvalue weighted by molar-refractivity contribution is 0.594. The Kier molecular flexibility index (Phi) is 4.29. The number of thioether (sulfide) groups is 1. The molecule has 0 unspecified atom stereocenters. The summed E-state index contributed by atoms with van der Waals surface area (Å²) in [6.07, 6.45) is 2.14. The maximum Gasteiger partial charge on any atom is 0.0468 e. The van der Waals surface area contributed by atoms with Crippen molar-refractivity contribution in [2.45, 2.75) is 25.1 Å². The Balaban J connectivity index is 2.32. The van der Waals surface area contributed by atoms with Crippen molar-refractivity contribution in [3.8, 4) is 0 Å². The lowest BCUT2D eigenvalue weighted by Gasteiger charge is -2.22. The van der Waals surface area contributed by atoms with Gasteiger partial charge in [-0.05, 0) is 31.5 Å². The van der Waals surface area contributed by atoms with E-state index in [0.29, 0.717) is 4.75 Å². The topological polar surface area (TPSA) is 38.0 Å². The average molecular weight is 230 g/mol. The minimum Gasteiger partial charge on any atom is -0.398 e. The molecule has 0 amide bonds. The van der Waals surface area contributed by atoms with Gasteiger partial charge >= 0.3 is 0 Å². The normalized spacial score (nSPS) is 11.9. The molecule has 0 atom stereocenters. The van der Waals surface area contributed by atoms with Crippen LogP contribution in [0.4, 0.5) is 5.69 Å². The quantitative estimate of drug-likeness (QED) is 0.816. The van der Waals surface area contributed by atoms with Crippen LogP contribution in [0.3, 0.4) is 0 Å². The summed E-state index contributed by atoms with van der Waals surface area (Å²) < 4.78 is 0.298. The Labute approximate surface area is 94.3 Å². The van der Waals surface area contributed by atoms with Crippen molar-refractivity contribution < 1.29 is 0 Å². The molecule has 0 spiro atoms. The number of nitrogen functional groups attached to an aromatic ring is 1. The van der Waals surface area contributed by atoms with E-state index in [1.807, 2.05) is 23.2 Å². The van der Waals surface area contributed by atoms with Crippen molar-refractivity contribution in [2.24, 2.45) is 0 Å². The van der Waals surface area contributed by atoms with Gasteiger partial charge < -0.3 is 11.1 Å². The van der Waals surface area contributed by atoms with Gasteiger partial charge in [0.25, 0.3) is 0 Å². The molecule has 4 heteroatoms. The highest BCUT2D eigenvalue weighted by molar-refractivity contribution is 7.99. The van der Waals surface area contributed by atoms with E-state index in [1.54, 1.807) is 11.3 Å². The summed E-state index contributed by atoms with van der Waals surface area (Å²) in [5, 5.41) is 5.46. The van der Waals surface area contributed by atoms with Crippen LogP contribution in [0, 0.1) is 0 Å². The van der Waals surface area contributed by atoms with Gasteiger partial charge in [-0.2, -0.15) is 11.8 Å². The number of nitrogens with one attached hydrogen (secondary N) is 1. The van der Waals surface area contributed by atoms with E-state index < -0.39 is 0 Å². The van der Waals surface area contributed by atoms with Gasteiger partial charge in [0, 0.05) is 28.4 Å². The summed E-state index contributed by atoms with van der Waals surface area (Å²) in [6.45, 7) is 6.36. The fraction of sp³-hybridized carbons (Fsp3) is 0.600. The van der Waals surface area contributed by atoms with Crippen LogP contribution >= 0.6 is 23.1 Å². The summed E-state index contributed by atoms with van der Waals surface area (Å²) in [6, 6.07) is 1.96. The molecule has 0 radical (unpaired) electrons. The minimum atomic E-state index is 0.298. The van der Waals surface area contributed by atoms with E-state index in [0.717, 1.165) is 18.8 Å². The van der Waals surface area contributed by atoms with Crippen molar-refractivity contribution in [3.63, 3.8) is 0 Å². The van der Waals surface area contributed by atoms with Gasteiger partial charge in [0.15, 0.2) is 0 Å². The zero-order chi connectivity index (χ0) is 10.6. The van der Waals surface area contributed by atoms with Crippen LogP contribution in [0.2, 0.25) is 0 Å². The van der Waals surface area contributed by atoms with Crippen LogP contribution in [0.15, 0.2) is 11.4 Å². The molecule has 1 aromatic rings. The highest BCUT2D eigenvalue weighted by Crippen LogP contribution is 2.21. The molecule has 14 heavy (non-hydrogen) atoms. The molecule has 3 N–H and O–H groups in total. The van der Waals surface area contributed by atoms with Crippen LogP contribution < -0.4 is 11.1 Å². The fourth-order valence-corrected chi connectivity index (χ4v) is 2.06. The van der Waals surface area contributed by atoms with Gasteiger partial charge in [-0.1, -0.05) is 0 Å². The molecule has 1 rings (SSSR count). The number of rotatable bonds is 5. The van der Waals surface area contributed by atoms with Gasteiger partial charge in [-0.15, -0.1) is 11.3 Å². The molecule has 0 aliphatic rings. The summed E-state index contributed by atoms with van der Waals surface area (Å²) in [5.74, 6) is 0. The zero-order valence-electron chi connectivity index (χ0n) is 8.96. The number of thiophene rings is 1. The largest absolute Gasteiger partial charge is 0.398 e. The maximum atomic E-state index is 5.79. The van der Waals surface area contributed by atoms with Crippen molar-refractivity contribution >= 4 is 28.8 Å². The van der Waals surface area contributed by atoms with Gasteiger partial charge in [0.05, 0.1) is 0 Å². The molecule has 0 aliphatic heterocycles. The molecule has 0 bridgehead atoms. The zero-order valence-corrected chi connectivity index (χ0v) is 10.6. The van der Waals surface area contributed by atoms with Gasteiger partial charge in [-0.3, -0.25) is 0 Å². The maximum absolute atomic E-state index is 5.79. The first-order valence-electron chi connectivity index (χ1n) is 4.63. The third-order valence-electron chi connectivity index (χ3n) is 2.17. The Morgan fingerprint density at radius 1 is 1.57 bits per heavy atom. The molecular weight excluding hydrogens is 212 g/mol. The molecule has 1 heterocycles. The number of hydrogen-bond acceptors (Lipinski definition) is 4. The Hall–Kier alpha value is -0.190. The highest BCUT2D eigenvalue weighted by atomic mass is 32.2. The molecule has 2 nitrogen and oxygen atoms in total. The highest BCUT2D eigenvalue weighted by Gasteiger charge is 2.14. The van der Waals surface area contributed by atoms with Crippen LogP contribution in [-0.4, -0.2) is 17.5 Å². The second-order valence-electron chi connectivity index (χ2n) is 3.87. The molecule has 80 valence electrons. The lowest BCUT2D eigenvalue weighted by atomic mass is 10.2. The molecule has 0 aromatic carbocycles. The first-order chi connectivity index (χ1) is 6.55. The minimum absolute atomic E-state index is 0.298. The molecule has 1 aromatic heterocycles. The third-order valence-corrected chi connectivity index (χ3v) is 4.35. The van der Waals surface area contributed by atoms with E-state index >= 15 is 0 Å². The van der Waals surface area contributed by atoms with Crippen molar-refractivity contribution in [1.29, 1.82) is 0 Å². The second kappa shape index (κ2) is 5.05. The van der Waals surface area contributed by atoms with E-state index in [9.17, 15) is 0 Å². The van der Waals surface area contributed by atoms with E-state index in [2.05, 4.69) is 25.4 Å². The van der Waals surface area contributed by atoms with Crippen LogP contribution in [0.1, 0.15) is 18.7 Å². The molecular formula is C10H18N2S2. The Morgan fingerprint density at radius 3 is 2.79 bits per heavy atom. The van der Waals surface area contributed by atoms with Crippen LogP contribution in [0.25, 0.3) is 0 Å². The number of hydrogen-bond donors (Lipinski definition) is 2. The first kappa shape index (κ1) is 11.9. The summed E-state index contributed by atoms with van der Waals surface area (Å²) >= 11 is 3.59. The van der Waals surface area contributed by atoms with Crippen molar-refractivity contribution in [3.05, 3.63) is 16.3 Å². The first-order valence-corrected chi connectivity index (χ1v) is 6.73. The predicted octanol–water partition coefficient (Wildman–Crippen LogP) is 2.56. The van der Waals surface area contributed by atoms with E-state index in [1.165, 1.54) is 4.88 Å². The molecule has 0 aliphatic carbocycles. The number of anilines is 1. The molecule has 0 saturated heterocycles. The summed E-state index contributed by atoms with van der Waals surface area (Å²) in [4.78, 5) is 1.24. The summed E-state index contributed by atoms with van der Waals surface area (Å²) in [5.41, 5.74) is 6.69. The van der Waals surface area contributed by atoms with E-state index in [-0.39, 0.29) is 0 Å². The van der Waals surface area contributed by atoms with Gasteiger partial charge in [0.2, 0.25) is 0 Å². The Bertz CT molecular complexity index is 281. The monoisotopic (exact) mass is 230 g/mol. The number of nitrogens with two attached hydrogens (primary N) is 1. The average Bonchev–Trinajstić information content (AvgIpc) is 2.52. The predicted molar refractivity (Wildman–Crippen MR) is 68.0 cm³/mol. The summed E-state index contributed by atoms with van der Waals surface area (Å²) in [7, 11) is 0. The molecule has 0 fully saturated rings. The van der Waals surface area contributed by atoms with Crippen LogP contribution in [-0.2, 0) is 6.54 Å². The standard InChI is InChI=1S/C10H18N2S2/c1-10(2,13-3)7-12-6-9-8(11)4-5-14-9/h4-5,12H,6-7,11H2,1-3H3. The Morgan fingerprint density at radius 2 is 2.29 bits per heavy atom. The molecule has 0 saturated carbocycles. The van der Waals surface area contributed by atoms with Crippen molar-refractivity contribution in [1.82, 2.24) is 5.32 Å². The van der Waals surface area contributed by atoms with Gasteiger partial charge in [-0.25, -0.2) is 0 Å². The smallest absolute Gasteiger partial charge is 0.0468 e. The SMILES string of the molecule is CSC(C)(C)CNCc1sccc1N. The fourth-order valence-electron chi connectivity index (χ4n) is 1.04. The van der Waals surface area contributed by atoms with Gasteiger partial charge in [0.1, 0.15) is 0 Å². The van der Waals surface area contributed by atoms with Crippen LogP contribution in [0.5, 0.6) is 0 Å². The van der Waals surface area contributed by atoms with Crippen molar-refractivity contribution in [2.75, 3.05) is 18.5 Å². The van der Waals surface area contributed by atoms with E-state index in [4.69, 9.17) is 5.73 Å². The third kappa shape index (κ3) is 3.52.